The fourth-order valence-electron chi connectivity index (χ4n) is 1.68. The Labute approximate surface area is 127 Å². The maximum Gasteiger partial charge on any atom is 0.248 e. The van der Waals surface area contributed by atoms with E-state index in [2.05, 4.69) is 5.32 Å². The van der Waals surface area contributed by atoms with Crippen molar-refractivity contribution in [3.8, 4) is 0 Å². The van der Waals surface area contributed by atoms with Crippen molar-refractivity contribution in [1.29, 1.82) is 0 Å². The predicted molar refractivity (Wildman–Crippen MR) is 84.1 cm³/mol. The van der Waals surface area contributed by atoms with Crippen molar-refractivity contribution >= 4 is 35.2 Å². The lowest BCUT2D eigenvalue weighted by molar-refractivity contribution is -0.111. The lowest BCUT2D eigenvalue weighted by Gasteiger charge is -2.02. The van der Waals surface area contributed by atoms with Crippen LogP contribution in [0.2, 0.25) is 5.02 Å². The molecule has 0 heterocycles. The molecule has 3 N–H and O–H groups in total. The van der Waals surface area contributed by atoms with E-state index in [1.165, 1.54) is 6.08 Å². The summed E-state index contributed by atoms with van der Waals surface area (Å²) in [5.74, 6) is -0.782. The molecule has 2 amide bonds. The first-order chi connectivity index (χ1) is 10.0. The molecule has 2 aromatic rings. The molecule has 0 aliphatic carbocycles. The van der Waals surface area contributed by atoms with E-state index in [-0.39, 0.29) is 5.91 Å². The molecule has 0 radical (unpaired) electrons. The zero-order chi connectivity index (χ0) is 15.2. The van der Waals surface area contributed by atoms with E-state index in [0.29, 0.717) is 16.3 Å². The number of halogens is 1. The Morgan fingerprint density at radius 3 is 2.43 bits per heavy atom. The fourth-order valence-corrected chi connectivity index (χ4v) is 1.88. The maximum absolute atomic E-state index is 11.8. The van der Waals surface area contributed by atoms with Crippen LogP contribution in [0.15, 0.2) is 54.6 Å². The molecule has 0 aliphatic rings. The largest absolute Gasteiger partial charge is 0.366 e. The van der Waals surface area contributed by atoms with Gasteiger partial charge in [0.15, 0.2) is 0 Å². The Kier molecular flexibility index (Phi) is 4.74. The van der Waals surface area contributed by atoms with Gasteiger partial charge in [-0.3, -0.25) is 9.59 Å². The zero-order valence-electron chi connectivity index (χ0n) is 11.0. The van der Waals surface area contributed by atoms with E-state index in [1.807, 2.05) is 12.1 Å². The number of rotatable bonds is 4. The summed E-state index contributed by atoms with van der Waals surface area (Å²) in [6, 6.07) is 13.5. The summed E-state index contributed by atoms with van der Waals surface area (Å²) in [5.41, 5.74) is 6.95. The summed E-state index contributed by atoms with van der Waals surface area (Å²) in [4.78, 5) is 22.7. The third-order valence-electron chi connectivity index (χ3n) is 2.71. The van der Waals surface area contributed by atoms with Gasteiger partial charge in [-0.05, 0) is 48.0 Å². The number of anilines is 1. The molecule has 2 aromatic carbocycles. The van der Waals surface area contributed by atoms with Gasteiger partial charge in [-0.2, -0.15) is 0 Å². The van der Waals surface area contributed by atoms with Gasteiger partial charge in [0, 0.05) is 22.3 Å². The average molecular weight is 301 g/mol. The highest BCUT2D eigenvalue weighted by Gasteiger charge is 2.01. The lowest BCUT2D eigenvalue weighted by atomic mass is 10.2. The zero-order valence-corrected chi connectivity index (χ0v) is 11.8. The van der Waals surface area contributed by atoms with Gasteiger partial charge in [-0.1, -0.05) is 23.7 Å². The minimum atomic E-state index is -0.506. The van der Waals surface area contributed by atoms with Crippen LogP contribution in [0, 0.1) is 0 Å². The number of nitrogens with one attached hydrogen (secondary N) is 1. The molecule has 0 fully saturated rings. The van der Waals surface area contributed by atoms with Crippen LogP contribution >= 0.6 is 11.6 Å². The molecular weight excluding hydrogens is 288 g/mol. The van der Waals surface area contributed by atoms with E-state index in [1.54, 1.807) is 42.5 Å². The van der Waals surface area contributed by atoms with Crippen LogP contribution in [0.3, 0.4) is 0 Å². The topological polar surface area (TPSA) is 72.2 Å². The number of hydrogen-bond donors (Lipinski definition) is 2. The van der Waals surface area contributed by atoms with Gasteiger partial charge in [0.1, 0.15) is 0 Å². The minimum absolute atomic E-state index is 0.276. The van der Waals surface area contributed by atoms with Crippen molar-refractivity contribution in [2.75, 3.05) is 5.32 Å². The summed E-state index contributed by atoms with van der Waals surface area (Å²) in [6.45, 7) is 0. The summed E-state index contributed by atoms with van der Waals surface area (Å²) >= 11 is 5.86. The second kappa shape index (κ2) is 6.72. The number of benzene rings is 2. The number of hydrogen-bond acceptors (Lipinski definition) is 2. The molecule has 5 heteroatoms. The first kappa shape index (κ1) is 14.8. The normalized spacial score (nSPS) is 10.5. The maximum atomic E-state index is 11.8. The van der Waals surface area contributed by atoms with Crippen LogP contribution in [-0.4, -0.2) is 11.8 Å². The van der Waals surface area contributed by atoms with E-state index >= 15 is 0 Å². The summed E-state index contributed by atoms with van der Waals surface area (Å²) < 4.78 is 0. The van der Waals surface area contributed by atoms with Crippen LogP contribution in [-0.2, 0) is 4.79 Å². The quantitative estimate of drug-likeness (QED) is 0.852. The molecule has 106 valence electrons. The van der Waals surface area contributed by atoms with Crippen molar-refractivity contribution in [1.82, 2.24) is 0 Å². The van der Waals surface area contributed by atoms with Crippen molar-refractivity contribution < 1.29 is 9.59 Å². The molecule has 0 unspecified atom stereocenters. The molecule has 0 atom stereocenters. The number of nitrogens with two attached hydrogens (primary N) is 1. The molecule has 2 rings (SSSR count). The van der Waals surface area contributed by atoms with E-state index < -0.39 is 5.91 Å². The van der Waals surface area contributed by atoms with E-state index in [4.69, 9.17) is 17.3 Å². The Hall–Kier alpha value is -2.59. The van der Waals surface area contributed by atoms with Crippen LogP contribution in [0.1, 0.15) is 15.9 Å². The van der Waals surface area contributed by atoms with Gasteiger partial charge in [-0.25, -0.2) is 0 Å². The highest BCUT2D eigenvalue weighted by Crippen LogP contribution is 2.12. The first-order valence-corrected chi connectivity index (χ1v) is 6.57. The molecular formula is C16H13ClN2O2. The van der Waals surface area contributed by atoms with Gasteiger partial charge < -0.3 is 11.1 Å². The van der Waals surface area contributed by atoms with Crippen LogP contribution in [0.4, 0.5) is 5.69 Å². The van der Waals surface area contributed by atoms with Gasteiger partial charge in [-0.15, -0.1) is 0 Å². The molecule has 0 aliphatic heterocycles. The van der Waals surface area contributed by atoms with E-state index in [9.17, 15) is 9.59 Å². The molecule has 0 saturated heterocycles. The molecule has 21 heavy (non-hydrogen) atoms. The Balaban J connectivity index is 1.99. The second-order valence-corrected chi connectivity index (χ2v) is 4.76. The van der Waals surface area contributed by atoms with Crippen molar-refractivity contribution in [3.63, 3.8) is 0 Å². The van der Waals surface area contributed by atoms with Crippen LogP contribution in [0.5, 0.6) is 0 Å². The van der Waals surface area contributed by atoms with Gasteiger partial charge in [0.2, 0.25) is 11.8 Å². The Morgan fingerprint density at radius 2 is 1.81 bits per heavy atom. The standard InChI is InChI=1S/C16H13ClN2O2/c17-13-3-1-2-11(10-13)4-9-15(20)19-14-7-5-12(6-8-14)16(18)21/h1-10H,(H2,18,21)(H,19,20)/b9-4+. The smallest absolute Gasteiger partial charge is 0.248 e. The monoisotopic (exact) mass is 300 g/mol. The van der Waals surface area contributed by atoms with Crippen molar-refractivity contribution in [3.05, 3.63) is 70.8 Å². The lowest BCUT2D eigenvalue weighted by Crippen LogP contribution is -2.11. The molecule has 0 spiro atoms. The summed E-state index contributed by atoms with van der Waals surface area (Å²) in [5, 5.41) is 3.29. The van der Waals surface area contributed by atoms with Gasteiger partial charge in [0.25, 0.3) is 0 Å². The summed E-state index contributed by atoms with van der Waals surface area (Å²) in [6.07, 6.45) is 3.08. The molecule has 0 bridgehead atoms. The second-order valence-electron chi connectivity index (χ2n) is 4.32. The van der Waals surface area contributed by atoms with Gasteiger partial charge in [0.05, 0.1) is 0 Å². The molecule has 0 aromatic heterocycles. The first-order valence-electron chi connectivity index (χ1n) is 6.19. The Bertz CT molecular complexity index is 694. The summed E-state index contributed by atoms with van der Waals surface area (Å²) in [7, 11) is 0. The van der Waals surface area contributed by atoms with Gasteiger partial charge >= 0.3 is 0 Å². The number of carbonyl (C=O) groups is 2. The fraction of sp³-hybridized carbons (Fsp3) is 0. The predicted octanol–water partition coefficient (Wildman–Crippen LogP) is 3.09. The van der Waals surface area contributed by atoms with Crippen molar-refractivity contribution in [2.24, 2.45) is 5.73 Å². The molecule has 4 nitrogen and oxygen atoms in total. The third-order valence-corrected chi connectivity index (χ3v) is 2.95. The van der Waals surface area contributed by atoms with E-state index in [0.717, 1.165) is 5.56 Å². The molecule has 0 saturated carbocycles. The number of amides is 2. The third kappa shape index (κ3) is 4.47. The van der Waals surface area contributed by atoms with Crippen LogP contribution in [0.25, 0.3) is 6.08 Å². The van der Waals surface area contributed by atoms with Crippen LogP contribution < -0.4 is 11.1 Å². The number of carbonyl (C=O) groups excluding carboxylic acids is 2. The number of primary amides is 1. The SMILES string of the molecule is NC(=O)c1ccc(NC(=O)/C=C/c2cccc(Cl)c2)cc1. The Morgan fingerprint density at radius 1 is 1.10 bits per heavy atom. The average Bonchev–Trinajstić information content (AvgIpc) is 2.46. The highest BCUT2D eigenvalue weighted by molar-refractivity contribution is 6.30. The minimum Gasteiger partial charge on any atom is -0.366 e. The van der Waals surface area contributed by atoms with Crippen molar-refractivity contribution in [2.45, 2.75) is 0 Å². The highest BCUT2D eigenvalue weighted by atomic mass is 35.5.